The van der Waals surface area contributed by atoms with E-state index in [2.05, 4.69) is 10.6 Å². The van der Waals surface area contributed by atoms with Crippen LogP contribution in [0.2, 0.25) is 0 Å². The molecule has 4 amide bonds. The molecule has 0 saturated carbocycles. The lowest BCUT2D eigenvalue weighted by Gasteiger charge is -2.19. The molecule has 0 aliphatic carbocycles. The van der Waals surface area contributed by atoms with Gasteiger partial charge in [-0.15, -0.1) is 0 Å². The number of hydrogen-bond acceptors (Lipinski definition) is 4. The van der Waals surface area contributed by atoms with Gasteiger partial charge in [0.1, 0.15) is 5.75 Å². The van der Waals surface area contributed by atoms with Gasteiger partial charge in [-0.3, -0.25) is 14.5 Å². The first kappa shape index (κ1) is 18.8. The van der Waals surface area contributed by atoms with E-state index in [0.717, 1.165) is 5.69 Å². The molecule has 2 N–H and O–H groups in total. The number of nitrogens with one attached hydrogen (secondary N) is 2. The quantitative estimate of drug-likeness (QED) is 0.814. The van der Waals surface area contributed by atoms with Crippen LogP contribution >= 0.6 is 0 Å². The van der Waals surface area contributed by atoms with E-state index in [-0.39, 0.29) is 24.3 Å². The molecule has 8 heteroatoms. The van der Waals surface area contributed by atoms with Crippen molar-refractivity contribution in [2.24, 2.45) is 5.92 Å². The van der Waals surface area contributed by atoms with Crippen LogP contribution in [0.25, 0.3) is 0 Å². The van der Waals surface area contributed by atoms with Crippen molar-refractivity contribution in [1.82, 2.24) is 5.32 Å². The van der Waals surface area contributed by atoms with Crippen molar-refractivity contribution in [3.05, 3.63) is 48.5 Å². The predicted molar refractivity (Wildman–Crippen MR) is 109 cm³/mol. The zero-order chi connectivity index (χ0) is 20.4. The van der Waals surface area contributed by atoms with Crippen LogP contribution < -0.4 is 25.2 Å². The highest BCUT2D eigenvalue weighted by Crippen LogP contribution is 2.33. The van der Waals surface area contributed by atoms with Crippen LogP contribution in [0.4, 0.5) is 21.9 Å². The Kier molecular flexibility index (Phi) is 5.07. The summed E-state index contributed by atoms with van der Waals surface area (Å²) in [6, 6.07) is 14.3. The lowest BCUT2D eigenvalue weighted by molar-refractivity contribution is -0.122. The summed E-state index contributed by atoms with van der Waals surface area (Å²) in [5.41, 5.74) is 1.98. The van der Waals surface area contributed by atoms with Gasteiger partial charge < -0.3 is 20.3 Å². The molecule has 29 heavy (non-hydrogen) atoms. The van der Waals surface area contributed by atoms with Crippen molar-refractivity contribution in [1.29, 1.82) is 0 Å². The van der Waals surface area contributed by atoms with Crippen molar-refractivity contribution in [3.8, 4) is 5.75 Å². The van der Waals surface area contributed by atoms with Crippen LogP contribution in [0.5, 0.6) is 5.75 Å². The summed E-state index contributed by atoms with van der Waals surface area (Å²) >= 11 is 0. The van der Waals surface area contributed by atoms with E-state index in [0.29, 0.717) is 36.8 Å². The second kappa shape index (κ2) is 7.83. The minimum atomic E-state index is -0.467. The van der Waals surface area contributed by atoms with Crippen molar-refractivity contribution in [2.45, 2.75) is 6.42 Å². The zero-order valence-electron chi connectivity index (χ0n) is 16.1. The third kappa shape index (κ3) is 3.73. The van der Waals surface area contributed by atoms with E-state index in [1.54, 1.807) is 41.2 Å². The molecule has 0 spiro atoms. The number of methoxy groups -OCH3 is 1. The maximum Gasteiger partial charge on any atom is 0.321 e. The van der Waals surface area contributed by atoms with Gasteiger partial charge in [-0.1, -0.05) is 18.2 Å². The molecule has 2 aliphatic heterocycles. The number of carbonyl (C=O) groups is 3. The number of carbonyl (C=O) groups excluding carboxylic acids is 3. The van der Waals surface area contributed by atoms with E-state index in [4.69, 9.17) is 4.74 Å². The molecule has 0 aromatic heterocycles. The second-order valence-corrected chi connectivity index (χ2v) is 7.00. The minimum Gasteiger partial charge on any atom is -0.495 e. The average Bonchev–Trinajstić information content (AvgIpc) is 3.33. The summed E-state index contributed by atoms with van der Waals surface area (Å²) in [6.07, 6.45) is 0.137. The Morgan fingerprint density at radius 1 is 1.14 bits per heavy atom. The third-order valence-electron chi connectivity index (χ3n) is 5.15. The Balaban J connectivity index is 1.46. The molecule has 150 valence electrons. The Hall–Kier alpha value is -3.55. The fourth-order valence-electron chi connectivity index (χ4n) is 3.68. The summed E-state index contributed by atoms with van der Waals surface area (Å²) in [7, 11) is 1.55. The lowest BCUT2D eigenvalue weighted by atomic mass is 10.1. The van der Waals surface area contributed by atoms with E-state index in [9.17, 15) is 14.4 Å². The van der Waals surface area contributed by atoms with Gasteiger partial charge in [-0.2, -0.15) is 0 Å². The standard InChI is InChI=1S/C21H22N4O4/c1-29-18-8-3-2-7-17(18)25-13-14(11-19(25)26)20(27)23-15-5-4-6-16(12-15)24-10-9-22-21(24)28/h2-8,12,14H,9-11,13H2,1H3,(H,22,28)(H,23,27). The summed E-state index contributed by atoms with van der Waals surface area (Å²) < 4.78 is 5.34. The normalized spacial score (nSPS) is 18.7. The monoisotopic (exact) mass is 394 g/mol. The number of benzene rings is 2. The number of nitrogens with zero attached hydrogens (tertiary/aromatic N) is 2. The number of hydrogen-bond donors (Lipinski definition) is 2. The smallest absolute Gasteiger partial charge is 0.321 e. The summed E-state index contributed by atoms with van der Waals surface area (Å²) in [5, 5.41) is 5.63. The fourth-order valence-corrected chi connectivity index (χ4v) is 3.68. The van der Waals surface area contributed by atoms with Crippen LogP contribution in [0, 0.1) is 5.92 Å². The Morgan fingerprint density at radius 2 is 1.97 bits per heavy atom. The molecule has 2 heterocycles. The molecule has 2 aromatic rings. The van der Waals surface area contributed by atoms with Crippen LogP contribution in [0.1, 0.15) is 6.42 Å². The fraction of sp³-hybridized carbons (Fsp3) is 0.286. The lowest BCUT2D eigenvalue weighted by Crippen LogP contribution is -2.29. The Bertz CT molecular complexity index is 961. The second-order valence-electron chi connectivity index (χ2n) is 7.00. The largest absolute Gasteiger partial charge is 0.495 e. The summed E-state index contributed by atoms with van der Waals surface area (Å²) in [4.78, 5) is 40.4. The molecule has 0 radical (unpaired) electrons. The molecule has 0 bridgehead atoms. The first-order valence-electron chi connectivity index (χ1n) is 9.46. The molecule has 2 fully saturated rings. The topological polar surface area (TPSA) is 91.0 Å². The van der Waals surface area contributed by atoms with Gasteiger partial charge in [-0.05, 0) is 30.3 Å². The first-order chi connectivity index (χ1) is 14.1. The Labute approximate surface area is 168 Å². The van der Waals surface area contributed by atoms with Gasteiger partial charge in [0, 0.05) is 37.4 Å². The molecule has 2 aliphatic rings. The van der Waals surface area contributed by atoms with E-state index >= 15 is 0 Å². The van der Waals surface area contributed by atoms with E-state index in [1.807, 2.05) is 24.3 Å². The number of amides is 4. The Morgan fingerprint density at radius 3 is 2.72 bits per heavy atom. The molecular formula is C21H22N4O4. The molecule has 1 atom stereocenters. The van der Waals surface area contributed by atoms with Crippen LogP contribution in [0.3, 0.4) is 0 Å². The van der Waals surface area contributed by atoms with Gasteiger partial charge in [-0.25, -0.2) is 4.79 Å². The highest BCUT2D eigenvalue weighted by Gasteiger charge is 2.36. The van der Waals surface area contributed by atoms with Gasteiger partial charge in [0.05, 0.1) is 18.7 Å². The van der Waals surface area contributed by atoms with Crippen molar-refractivity contribution < 1.29 is 19.1 Å². The number of anilines is 3. The number of rotatable bonds is 5. The molecule has 1 unspecified atom stereocenters. The van der Waals surface area contributed by atoms with Gasteiger partial charge in [0.15, 0.2) is 0 Å². The van der Waals surface area contributed by atoms with Gasteiger partial charge in [0.25, 0.3) is 0 Å². The van der Waals surface area contributed by atoms with Crippen LogP contribution in [-0.2, 0) is 9.59 Å². The van der Waals surface area contributed by atoms with Crippen molar-refractivity contribution in [2.75, 3.05) is 41.9 Å². The van der Waals surface area contributed by atoms with Crippen molar-refractivity contribution in [3.63, 3.8) is 0 Å². The maximum absolute atomic E-state index is 12.8. The maximum atomic E-state index is 12.8. The summed E-state index contributed by atoms with van der Waals surface area (Å²) in [6.45, 7) is 1.47. The first-order valence-corrected chi connectivity index (χ1v) is 9.46. The zero-order valence-corrected chi connectivity index (χ0v) is 16.1. The predicted octanol–water partition coefficient (Wildman–Crippen LogP) is 2.22. The SMILES string of the molecule is COc1ccccc1N1CC(C(=O)Nc2cccc(N3CCNC3=O)c2)CC1=O. The number of urea groups is 1. The molecule has 2 saturated heterocycles. The molecule has 4 rings (SSSR count). The van der Waals surface area contributed by atoms with Crippen LogP contribution in [0.15, 0.2) is 48.5 Å². The molecule has 2 aromatic carbocycles. The van der Waals surface area contributed by atoms with Gasteiger partial charge in [0.2, 0.25) is 11.8 Å². The number of para-hydroxylation sites is 2. The van der Waals surface area contributed by atoms with Crippen LogP contribution in [-0.4, -0.2) is 44.6 Å². The minimum absolute atomic E-state index is 0.114. The average molecular weight is 394 g/mol. The molecule has 8 nitrogen and oxygen atoms in total. The van der Waals surface area contributed by atoms with E-state index in [1.165, 1.54) is 0 Å². The van der Waals surface area contributed by atoms with Crippen molar-refractivity contribution >= 4 is 34.9 Å². The highest BCUT2D eigenvalue weighted by atomic mass is 16.5. The molecular weight excluding hydrogens is 372 g/mol. The number of ether oxygens (including phenoxy) is 1. The van der Waals surface area contributed by atoms with E-state index < -0.39 is 5.92 Å². The highest BCUT2D eigenvalue weighted by molar-refractivity contribution is 6.04. The van der Waals surface area contributed by atoms with Gasteiger partial charge >= 0.3 is 6.03 Å². The third-order valence-corrected chi connectivity index (χ3v) is 5.15. The summed E-state index contributed by atoms with van der Waals surface area (Å²) in [5.74, 6) is -0.208.